The predicted octanol–water partition coefficient (Wildman–Crippen LogP) is 3.14. The van der Waals surface area contributed by atoms with Crippen LogP contribution in [0.5, 0.6) is 0 Å². The molecule has 1 aromatic rings. The number of fused-ring (bicyclic) bond motifs is 1. The molecule has 1 atom stereocenters. The maximum atomic E-state index is 11.4. The van der Waals surface area contributed by atoms with E-state index in [0.717, 1.165) is 28.5 Å². The van der Waals surface area contributed by atoms with Crippen LogP contribution in [-0.4, -0.2) is 11.9 Å². The van der Waals surface area contributed by atoms with Gasteiger partial charge in [0.2, 0.25) is 5.91 Å². The van der Waals surface area contributed by atoms with Crippen molar-refractivity contribution in [2.75, 3.05) is 16.4 Å². The van der Waals surface area contributed by atoms with Gasteiger partial charge in [-0.05, 0) is 43.4 Å². The van der Waals surface area contributed by atoms with Gasteiger partial charge in [0.1, 0.15) is 0 Å². The van der Waals surface area contributed by atoms with Crippen LogP contribution in [0.1, 0.15) is 44.6 Å². The van der Waals surface area contributed by atoms with Crippen LogP contribution in [0.15, 0.2) is 12.1 Å². The standard InChI is InChI=1S/C16H23N3O/c1-10(11-5-3-2-4-6-11)18-15-9-14-12(7-13(15)17)8-16(20)19-14/h7,9-11,18H,2-6,8,17H2,1H3,(H,19,20). The van der Waals surface area contributed by atoms with E-state index < -0.39 is 0 Å². The van der Waals surface area contributed by atoms with Gasteiger partial charge in [-0.3, -0.25) is 4.79 Å². The van der Waals surface area contributed by atoms with Crippen molar-refractivity contribution in [1.82, 2.24) is 0 Å². The summed E-state index contributed by atoms with van der Waals surface area (Å²) in [6.45, 7) is 2.24. The highest BCUT2D eigenvalue weighted by Crippen LogP contribution is 2.34. The molecule has 0 radical (unpaired) electrons. The zero-order valence-corrected chi connectivity index (χ0v) is 12.0. The van der Waals surface area contributed by atoms with E-state index in [1.165, 1.54) is 32.1 Å². The molecule has 0 spiro atoms. The highest BCUT2D eigenvalue weighted by molar-refractivity contribution is 6.00. The van der Waals surface area contributed by atoms with E-state index >= 15 is 0 Å². The van der Waals surface area contributed by atoms with Crippen molar-refractivity contribution in [1.29, 1.82) is 0 Å². The number of nitrogen functional groups attached to an aromatic ring is 1. The van der Waals surface area contributed by atoms with Crippen LogP contribution < -0.4 is 16.4 Å². The molecule has 1 heterocycles. The van der Waals surface area contributed by atoms with Crippen molar-refractivity contribution in [3.63, 3.8) is 0 Å². The molecule has 0 saturated heterocycles. The second-order valence-corrected chi connectivity index (χ2v) is 6.15. The SMILES string of the molecule is CC(Nc1cc2c(cc1N)CC(=O)N2)C1CCCCC1. The van der Waals surface area contributed by atoms with E-state index in [1.54, 1.807) is 0 Å². The molecule has 1 aliphatic carbocycles. The molecule has 3 rings (SSSR count). The maximum absolute atomic E-state index is 11.4. The first-order valence-corrected chi connectivity index (χ1v) is 7.62. The minimum Gasteiger partial charge on any atom is -0.397 e. The van der Waals surface area contributed by atoms with E-state index in [1.807, 2.05) is 12.1 Å². The number of nitrogens with two attached hydrogens (primary N) is 1. The summed E-state index contributed by atoms with van der Waals surface area (Å²) in [6.07, 6.45) is 7.10. The Morgan fingerprint density at radius 2 is 2.05 bits per heavy atom. The topological polar surface area (TPSA) is 67.1 Å². The normalized spacial score (nSPS) is 20.4. The summed E-state index contributed by atoms with van der Waals surface area (Å²) < 4.78 is 0. The first-order chi connectivity index (χ1) is 9.63. The third-order valence-electron chi connectivity index (χ3n) is 4.64. The van der Waals surface area contributed by atoms with Gasteiger partial charge in [-0.15, -0.1) is 0 Å². The van der Waals surface area contributed by atoms with Crippen LogP contribution in [-0.2, 0) is 11.2 Å². The second kappa shape index (κ2) is 5.35. The molecule has 1 saturated carbocycles. The Morgan fingerprint density at radius 3 is 2.80 bits per heavy atom. The third-order valence-corrected chi connectivity index (χ3v) is 4.64. The quantitative estimate of drug-likeness (QED) is 0.741. The summed E-state index contributed by atoms with van der Waals surface area (Å²) in [4.78, 5) is 11.4. The number of rotatable bonds is 3. The fourth-order valence-electron chi connectivity index (χ4n) is 3.42. The van der Waals surface area contributed by atoms with E-state index in [4.69, 9.17) is 5.73 Å². The van der Waals surface area contributed by atoms with Gasteiger partial charge in [-0.1, -0.05) is 19.3 Å². The Hall–Kier alpha value is -1.71. The lowest BCUT2D eigenvalue weighted by atomic mass is 9.84. The zero-order valence-electron chi connectivity index (χ0n) is 12.0. The van der Waals surface area contributed by atoms with Gasteiger partial charge < -0.3 is 16.4 Å². The molecule has 1 aromatic carbocycles. The lowest BCUT2D eigenvalue weighted by molar-refractivity contribution is -0.115. The number of nitrogens with one attached hydrogen (secondary N) is 2. The number of hydrogen-bond acceptors (Lipinski definition) is 3. The smallest absolute Gasteiger partial charge is 0.228 e. The minimum atomic E-state index is 0.0527. The maximum Gasteiger partial charge on any atom is 0.228 e. The Bertz CT molecular complexity index is 521. The highest BCUT2D eigenvalue weighted by atomic mass is 16.1. The number of carbonyl (C=O) groups excluding carboxylic acids is 1. The summed E-state index contributed by atoms with van der Waals surface area (Å²) in [7, 11) is 0. The predicted molar refractivity (Wildman–Crippen MR) is 82.8 cm³/mol. The van der Waals surface area contributed by atoms with Crippen molar-refractivity contribution >= 4 is 23.0 Å². The lowest BCUT2D eigenvalue weighted by Crippen LogP contribution is -2.28. The minimum absolute atomic E-state index is 0.0527. The van der Waals surface area contributed by atoms with E-state index in [-0.39, 0.29) is 5.91 Å². The molecule has 20 heavy (non-hydrogen) atoms. The molecule has 0 bridgehead atoms. The molecule has 1 fully saturated rings. The lowest BCUT2D eigenvalue weighted by Gasteiger charge is -2.29. The molecule has 2 aliphatic rings. The summed E-state index contributed by atoms with van der Waals surface area (Å²) in [5.74, 6) is 0.780. The zero-order chi connectivity index (χ0) is 14.1. The van der Waals surface area contributed by atoms with Gasteiger partial charge in [0.15, 0.2) is 0 Å². The molecule has 4 nitrogen and oxygen atoms in total. The van der Waals surface area contributed by atoms with Crippen LogP contribution in [0.4, 0.5) is 17.1 Å². The molecule has 108 valence electrons. The Balaban J connectivity index is 1.74. The van der Waals surface area contributed by atoms with Crippen molar-refractivity contribution in [2.45, 2.75) is 51.5 Å². The summed E-state index contributed by atoms with van der Waals surface area (Å²) >= 11 is 0. The second-order valence-electron chi connectivity index (χ2n) is 6.15. The molecule has 4 N–H and O–H groups in total. The van der Waals surface area contributed by atoms with Crippen LogP contribution in [0.3, 0.4) is 0 Å². The van der Waals surface area contributed by atoms with Crippen molar-refractivity contribution in [3.05, 3.63) is 17.7 Å². The van der Waals surface area contributed by atoms with Crippen molar-refractivity contribution < 1.29 is 4.79 Å². The van der Waals surface area contributed by atoms with E-state index in [2.05, 4.69) is 17.6 Å². The molecule has 4 heteroatoms. The molecular formula is C16H23N3O. The van der Waals surface area contributed by atoms with Crippen LogP contribution >= 0.6 is 0 Å². The van der Waals surface area contributed by atoms with Crippen molar-refractivity contribution in [2.24, 2.45) is 5.92 Å². The van der Waals surface area contributed by atoms with E-state index in [9.17, 15) is 4.79 Å². The molecule has 1 aliphatic heterocycles. The first-order valence-electron chi connectivity index (χ1n) is 7.62. The molecule has 1 amide bonds. The largest absolute Gasteiger partial charge is 0.397 e. The monoisotopic (exact) mass is 273 g/mol. The van der Waals surface area contributed by atoms with Gasteiger partial charge in [-0.25, -0.2) is 0 Å². The van der Waals surface area contributed by atoms with Crippen LogP contribution in [0.25, 0.3) is 0 Å². The molecule has 1 unspecified atom stereocenters. The fraction of sp³-hybridized carbons (Fsp3) is 0.562. The summed E-state index contributed by atoms with van der Waals surface area (Å²) in [5, 5.41) is 6.43. The average Bonchev–Trinajstić information content (AvgIpc) is 2.79. The molecule has 0 aromatic heterocycles. The number of anilines is 3. The van der Waals surface area contributed by atoms with Gasteiger partial charge in [-0.2, -0.15) is 0 Å². The average molecular weight is 273 g/mol. The number of carbonyl (C=O) groups is 1. The first kappa shape index (κ1) is 13.3. The van der Waals surface area contributed by atoms with E-state index in [0.29, 0.717) is 12.5 Å². The van der Waals surface area contributed by atoms with Crippen LogP contribution in [0.2, 0.25) is 0 Å². The Labute approximate surface area is 120 Å². The Kier molecular flexibility index (Phi) is 3.55. The van der Waals surface area contributed by atoms with Gasteiger partial charge >= 0.3 is 0 Å². The van der Waals surface area contributed by atoms with Crippen LogP contribution in [0, 0.1) is 5.92 Å². The summed E-state index contributed by atoms with van der Waals surface area (Å²) in [6, 6.07) is 4.32. The Morgan fingerprint density at radius 1 is 1.30 bits per heavy atom. The van der Waals surface area contributed by atoms with Crippen molar-refractivity contribution in [3.8, 4) is 0 Å². The highest BCUT2D eigenvalue weighted by Gasteiger charge is 2.23. The number of benzene rings is 1. The fourth-order valence-corrected chi connectivity index (χ4v) is 3.42. The number of amides is 1. The summed E-state index contributed by atoms with van der Waals surface area (Å²) in [5.41, 5.74) is 9.71. The van der Waals surface area contributed by atoms with Gasteiger partial charge in [0.05, 0.1) is 17.8 Å². The number of hydrogen-bond donors (Lipinski definition) is 3. The van der Waals surface area contributed by atoms with Gasteiger partial charge in [0.25, 0.3) is 0 Å². The molecular weight excluding hydrogens is 250 g/mol. The van der Waals surface area contributed by atoms with Gasteiger partial charge in [0, 0.05) is 11.7 Å². The third kappa shape index (κ3) is 2.60.